The normalized spacial score (nSPS) is 27.5. The molecule has 31 heavy (non-hydrogen) atoms. The van der Waals surface area contributed by atoms with Gasteiger partial charge in [-0.05, 0) is 39.0 Å². The van der Waals surface area contributed by atoms with E-state index in [1.807, 2.05) is 4.52 Å². The molecule has 0 bridgehead atoms. The Kier molecular flexibility index (Phi) is 5.58. The van der Waals surface area contributed by atoms with Crippen molar-refractivity contribution in [2.45, 2.75) is 64.1 Å². The number of nitrogens with one attached hydrogen (secondary N) is 1. The lowest BCUT2D eigenvalue weighted by molar-refractivity contribution is -0.140. The van der Waals surface area contributed by atoms with Crippen LogP contribution in [0.2, 0.25) is 0 Å². The van der Waals surface area contributed by atoms with Crippen LogP contribution >= 0.6 is 0 Å². The molecule has 3 saturated heterocycles. The highest BCUT2D eigenvalue weighted by atomic mass is 16.2. The highest BCUT2D eigenvalue weighted by molar-refractivity contribution is 5.82. The molecule has 5 heterocycles. The van der Waals surface area contributed by atoms with Crippen LogP contribution in [0.3, 0.4) is 0 Å². The van der Waals surface area contributed by atoms with Crippen molar-refractivity contribution in [2.24, 2.45) is 5.73 Å². The van der Waals surface area contributed by atoms with Crippen LogP contribution in [0, 0.1) is 6.92 Å². The lowest BCUT2D eigenvalue weighted by atomic mass is 9.98. The molecule has 3 aliphatic heterocycles. The third-order valence-corrected chi connectivity index (χ3v) is 7.01. The average Bonchev–Trinajstić information content (AvgIpc) is 3.51. The zero-order chi connectivity index (χ0) is 21.5. The van der Waals surface area contributed by atoms with Crippen molar-refractivity contribution in [3.05, 3.63) is 23.5 Å². The number of nitrogens with zero attached hydrogens (tertiary/aromatic N) is 6. The summed E-state index contributed by atoms with van der Waals surface area (Å²) in [6, 6.07) is 2.23. The van der Waals surface area contributed by atoms with Gasteiger partial charge in [0.2, 0.25) is 5.91 Å². The summed E-state index contributed by atoms with van der Waals surface area (Å²) in [6.45, 7) is 8.45. The van der Waals surface area contributed by atoms with E-state index in [-0.39, 0.29) is 24.0 Å². The number of likely N-dealkylation sites (tertiary alicyclic amines) is 1. The Labute approximate surface area is 183 Å². The second-order valence-electron chi connectivity index (χ2n) is 9.16. The van der Waals surface area contributed by atoms with Gasteiger partial charge in [-0.1, -0.05) is 6.92 Å². The Morgan fingerprint density at radius 3 is 2.90 bits per heavy atom. The number of fused-ring (bicyclic) bond motifs is 1. The summed E-state index contributed by atoms with van der Waals surface area (Å²) < 4.78 is 1.87. The number of hydrogen-bond acceptors (Lipinski definition) is 7. The standard InChI is InChI=1S/C22H34N8O/c1-3-29-19(7-9-24-29)22(31)28-10-5-4-6-18(28)17-12-20-25-21(15(2)13-30(20)26-17)27-11-8-16(23)14-27/h12-13,16,18-19,24H,3-11,14,23H2,1-2H3/t16-,18-,19?/m0/s1. The van der Waals surface area contributed by atoms with Gasteiger partial charge in [0.1, 0.15) is 11.9 Å². The SMILES string of the molecule is CCN1NCCC1C(=O)N1CCCC[C@H]1c1cc2nc(N3CC[C@H](N)C3)c(C)cn2n1. The fraction of sp³-hybridized carbons (Fsp3) is 0.682. The van der Waals surface area contributed by atoms with Crippen molar-refractivity contribution in [3.63, 3.8) is 0 Å². The molecule has 0 aliphatic carbocycles. The van der Waals surface area contributed by atoms with Crippen molar-refractivity contribution >= 4 is 17.4 Å². The molecule has 1 unspecified atom stereocenters. The van der Waals surface area contributed by atoms with Crippen LogP contribution in [-0.2, 0) is 4.79 Å². The molecule has 3 fully saturated rings. The van der Waals surface area contributed by atoms with Crippen molar-refractivity contribution < 1.29 is 4.79 Å². The molecule has 0 spiro atoms. The molecule has 1 amide bonds. The predicted molar refractivity (Wildman–Crippen MR) is 120 cm³/mol. The molecule has 3 atom stereocenters. The molecule has 0 saturated carbocycles. The highest BCUT2D eigenvalue weighted by Crippen LogP contribution is 2.33. The number of anilines is 1. The number of piperidine rings is 1. The minimum Gasteiger partial charge on any atom is -0.355 e. The smallest absolute Gasteiger partial charge is 0.241 e. The minimum atomic E-state index is -0.0750. The molecular weight excluding hydrogens is 392 g/mol. The molecule has 0 aromatic carbocycles. The summed E-state index contributed by atoms with van der Waals surface area (Å²) >= 11 is 0. The second kappa shape index (κ2) is 8.37. The molecule has 9 nitrogen and oxygen atoms in total. The number of carbonyl (C=O) groups is 1. The Hall–Kier alpha value is -2.23. The molecule has 0 radical (unpaired) electrons. The highest BCUT2D eigenvalue weighted by Gasteiger charge is 2.38. The summed E-state index contributed by atoms with van der Waals surface area (Å²) in [5, 5.41) is 6.95. The Morgan fingerprint density at radius 1 is 1.26 bits per heavy atom. The predicted octanol–water partition coefficient (Wildman–Crippen LogP) is 1.23. The van der Waals surface area contributed by atoms with Crippen molar-refractivity contribution in [1.29, 1.82) is 0 Å². The van der Waals surface area contributed by atoms with Crippen LogP contribution < -0.4 is 16.1 Å². The molecule has 168 valence electrons. The number of rotatable bonds is 4. The maximum Gasteiger partial charge on any atom is 0.241 e. The summed E-state index contributed by atoms with van der Waals surface area (Å²) in [6.07, 6.45) is 7.04. The molecular formula is C22H34N8O. The van der Waals surface area contributed by atoms with E-state index < -0.39 is 0 Å². The Balaban J connectivity index is 1.43. The van der Waals surface area contributed by atoms with Gasteiger partial charge in [0.05, 0.1) is 11.7 Å². The molecule has 5 rings (SSSR count). The van der Waals surface area contributed by atoms with Gasteiger partial charge in [0.15, 0.2) is 5.65 Å². The number of likely N-dealkylation sites (N-methyl/N-ethyl adjacent to an activating group) is 1. The zero-order valence-corrected chi connectivity index (χ0v) is 18.6. The number of hydrazine groups is 1. The van der Waals surface area contributed by atoms with Crippen LogP contribution in [0.15, 0.2) is 12.3 Å². The molecule has 2 aromatic heterocycles. The number of amides is 1. The fourth-order valence-corrected chi connectivity index (χ4v) is 5.38. The maximum absolute atomic E-state index is 13.5. The van der Waals surface area contributed by atoms with Crippen LogP contribution in [-0.4, -0.2) is 75.2 Å². The second-order valence-corrected chi connectivity index (χ2v) is 9.16. The van der Waals surface area contributed by atoms with E-state index in [1.54, 1.807) is 0 Å². The van der Waals surface area contributed by atoms with Crippen LogP contribution in [0.5, 0.6) is 0 Å². The summed E-state index contributed by atoms with van der Waals surface area (Å²) in [5.74, 6) is 1.23. The molecule has 9 heteroatoms. The van der Waals surface area contributed by atoms with Crippen molar-refractivity contribution in [3.8, 4) is 0 Å². The first kappa shape index (κ1) is 20.7. The third-order valence-electron chi connectivity index (χ3n) is 7.01. The van der Waals surface area contributed by atoms with E-state index in [4.69, 9.17) is 15.8 Å². The topological polar surface area (TPSA) is 95.0 Å². The van der Waals surface area contributed by atoms with E-state index in [1.165, 1.54) is 0 Å². The summed E-state index contributed by atoms with van der Waals surface area (Å²) in [4.78, 5) is 22.7. The van der Waals surface area contributed by atoms with E-state index >= 15 is 0 Å². The van der Waals surface area contributed by atoms with Gasteiger partial charge in [0.25, 0.3) is 0 Å². The molecule has 3 aliphatic rings. The van der Waals surface area contributed by atoms with E-state index in [2.05, 4.69) is 46.3 Å². The van der Waals surface area contributed by atoms with Gasteiger partial charge in [-0.3, -0.25) is 10.2 Å². The van der Waals surface area contributed by atoms with Crippen molar-refractivity contribution in [2.75, 3.05) is 37.6 Å². The van der Waals surface area contributed by atoms with Crippen LogP contribution in [0.4, 0.5) is 5.82 Å². The van der Waals surface area contributed by atoms with Crippen LogP contribution in [0.1, 0.15) is 56.3 Å². The van der Waals surface area contributed by atoms with Gasteiger partial charge in [-0.15, -0.1) is 0 Å². The van der Waals surface area contributed by atoms with E-state index in [0.717, 1.165) is 87.6 Å². The van der Waals surface area contributed by atoms with Gasteiger partial charge in [-0.25, -0.2) is 14.5 Å². The monoisotopic (exact) mass is 426 g/mol. The third kappa shape index (κ3) is 3.79. The number of hydrogen-bond donors (Lipinski definition) is 2. The maximum atomic E-state index is 13.5. The summed E-state index contributed by atoms with van der Waals surface area (Å²) in [7, 11) is 0. The Morgan fingerprint density at radius 2 is 2.13 bits per heavy atom. The van der Waals surface area contributed by atoms with E-state index in [0.29, 0.717) is 0 Å². The largest absolute Gasteiger partial charge is 0.355 e. The van der Waals surface area contributed by atoms with E-state index in [9.17, 15) is 4.79 Å². The summed E-state index contributed by atoms with van der Waals surface area (Å²) in [5.41, 5.74) is 12.3. The number of carbonyl (C=O) groups excluding carboxylic acids is 1. The van der Waals surface area contributed by atoms with Crippen molar-refractivity contribution in [1.82, 2.24) is 29.9 Å². The first-order valence-electron chi connectivity index (χ1n) is 11.7. The lowest BCUT2D eigenvalue weighted by Crippen LogP contribution is -2.50. The Bertz CT molecular complexity index is 958. The van der Waals surface area contributed by atoms with Gasteiger partial charge in [-0.2, -0.15) is 5.10 Å². The number of aromatic nitrogens is 3. The first-order chi connectivity index (χ1) is 15.0. The molecule has 3 N–H and O–H groups in total. The minimum absolute atomic E-state index is 0.0196. The number of aryl methyl sites for hydroxylation is 1. The fourth-order valence-electron chi connectivity index (χ4n) is 5.38. The first-order valence-corrected chi connectivity index (χ1v) is 11.7. The van der Waals surface area contributed by atoms with Gasteiger partial charge in [0, 0.05) is 56.6 Å². The molecule has 2 aromatic rings. The quantitative estimate of drug-likeness (QED) is 0.759. The average molecular weight is 427 g/mol. The lowest BCUT2D eigenvalue weighted by Gasteiger charge is -2.37. The number of nitrogens with two attached hydrogens (primary N) is 1. The van der Waals surface area contributed by atoms with Crippen LogP contribution in [0.25, 0.3) is 5.65 Å². The van der Waals surface area contributed by atoms with Gasteiger partial charge >= 0.3 is 0 Å². The zero-order valence-electron chi connectivity index (χ0n) is 18.6. The van der Waals surface area contributed by atoms with Gasteiger partial charge < -0.3 is 15.5 Å².